The van der Waals surface area contributed by atoms with E-state index in [4.69, 9.17) is 5.73 Å². The summed E-state index contributed by atoms with van der Waals surface area (Å²) in [6, 6.07) is 8.49. The Labute approximate surface area is 115 Å². The van der Waals surface area contributed by atoms with Crippen molar-refractivity contribution in [3.05, 3.63) is 57.5 Å². The highest BCUT2D eigenvalue weighted by Crippen LogP contribution is 2.19. The van der Waals surface area contributed by atoms with E-state index in [9.17, 15) is 9.18 Å². The number of rotatable bonds is 5. The topological polar surface area (TPSA) is 55.1 Å². The summed E-state index contributed by atoms with van der Waals surface area (Å²) < 4.78 is 13.8. The molecule has 0 saturated carbocycles. The van der Waals surface area contributed by atoms with E-state index in [1.807, 2.05) is 24.4 Å². The van der Waals surface area contributed by atoms with Crippen molar-refractivity contribution < 1.29 is 9.18 Å². The van der Waals surface area contributed by atoms with Crippen LogP contribution in [0.15, 0.2) is 35.7 Å². The third-order valence-corrected chi connectivity index (χ3v) is 3.96. The van der Waals surface area contributed by atoms with E-state index in [1.54, 1.807) is 17.4 Å². The Morgan fingerprint density at radius 3 is 2.84 bits per heavy atom. The highest BCUT2D eigenvalue weighted by molar-refractivity contribution is 7.10. The Kier molecular flexibility index (Phi) is 4.29. The fourth-order valence-electron chi connectivity index (χ4n) is 1.75. The molecule has 0 spiro atoms. The Bertz CT molecular complexity index is 569. The predicted molar refractivity (Wildman–Crippen MR) is 74.5 cm³/mol. The predicted octanol–water partition coefficient (Wildman–Crippen LogP) is 2.84. The monoisotopic (exact) mass is 278 g/mol. The molecule has 1 atom stereocenters. The minimum atomic E-state index is -0.620. The average Bonchev–Trinajstić information content (AvgIpc) is 2.90. The standard InChI is InChI=1S/C14H15FN2OS/c1-9(13-3-2-6-19-13)17-8-11-5-4-10(14(16)18)7-12(11)15/h2-7,9,17H,8H2,1H3,(H2,16,18)/t9-/m0/s1. The van der Waals surface area contributed by atoms with Gasteiger partial charge in [0.05, 0.1) is 0 Å². The van der Waals surface area contributed by atoms with Crippen LogP contribution in [-0.2, 0) is 6.54 Å². The van der Waals surface area contributed by atoms with E-state index in [2.05, 4.69) is 5.32 Å². The van der Waals surface area contributed by atoms with Gasteiger partial charge in [0.2, 0.25) is 5.91 Å². The van der Waals surface area contributed by atoms with Gasteiger partial charge in [-0.25, -0.2) is 4.39 Å². The molecule has 0 radical (unpaired) electrons. The largest absolute Gasteiger partial charge is 0.366 e. The van der Waals surface area contributed by atoms with Crippen molar-refractivity contribution in [2.75, 3.05) is 0 Å². The minimum Gasteiger partial charge on any atom is -0.366 e. The van der Waals surface area contributed by atoms with Gasteiger partial charge in [0.15, 0.2) is 0 Å². The summed E-state index contributed by atoms with van der Waals surface area (Å²) in [6.07, 6.45) is 0. The van der Waals surface area contributed by atoms with Gasteiger partial charge in [-0.15, -0.1) is 11.3 Å². The van der Waals surface area contributed by atoms with Gasteiger partial charge < -0.3 is 11.1 Å². The Morgan fingerprint density at radius 2 is 2.26 bits per heavy atom. The Balaban J connectivity index is 2.02. The highest BCUT2D eigenvalue weighted by Gasteiger charge is 2.09. The van der Waals surface area contributed by atoms with Crippen molar-refractivity contribution in [1.29, 1.82) is 0 Å². The molecule has 0 bridgehead atoms. The summed E-state index contributed by atoms with van der Waals surface area (Å²) in [7, 11) is 0. The van der Waals surface area contributed by atoms with Crippen LogP contribution in [0.25, 0.3) is 0 Å². The van der Waals surface area contributed by atoms with Crippen molar-refractivity contribution in [3.8, 4) is 0 Å². The number of nitrogens with one attached hydrogen (secondary N) is 1. The fraction of sp³-hybridized carbons (Fsp3) is 0.214. The van der Waals surface area contributed by atoms with Crippen molar-refractivity contribution in [3.63, 3.8) is 0 Å². The summed E-state index contributed by atoms with van der Waals surface area (Å²) in [6.45, 7) is 2.44. The number of carbonyl (C=O) groups is 1. The van der Waals surface area contributed by atoms with Crippen LogP contribution in [-0.4, -0.2) is 5.91 Å². The lowest BCUT2D eigenvalue weighted by Gasteiger charge is -2.12. The van der Waals surface area contributed by atoms with E-state index in [1.165, 1.54) is 17.0 Å². The lowest BCUT2D eigenvalue weighted by atomic mass is 10.1. The molecule has 3 nitrogen and oxygen atoms in total. The fourth-order valence-corrected chi connectivity index (χ4v) is 2.50. The molecule has 1 amide bonds. The molecule has 0 unspecified atom stereocenters. The minimum absolute atomic E-state index is 0.162. The number of thiophene rings is 1. The van der Waals surface area contributed by atoms with Crippen LogP contribution in [0.2, 0.25) is 0 Å². The van der Waals surface area contributed by atoms with E-state index in [0.717, 1.165) is 0 Å². The van der Waals surface area contributed by atoms with Gasteiger partial charge in [-0.1, -0.05) is 12.1 Å². The Hall–Kier alpha value is -1.72. The summed E-state index contributed by atoms with van der Waals surface area (Å²) in [4.78, 5) is 12.1. The second kappa shape index (κ2) is 5.95. The number of benzene rings is 1. The summed E-state index contributed by atoms with van der Waals surface area (Å²) in [5, 5.41) is 5.25. The van der Waals surface area contributed by atoms with Crippen LogP contribution < -0.4 is 11.1 Å². The van der Waals surface area contributed by atoms with E-state index in [-0.39, 0.29) is 11.6 Å². The van der Waals surface area contributed by atoms with Crippen molar-refractivity contribution in [1.82, 2.24) is 5.32 Å². The molecule has 0 aliphatic rings. The zero-order chi connectivity index (χ0) is 13.8. The molecule has 0 fully saturated rings. The van der Waals surface area contributed by atoms with Crippen molar-refractivity contribution in [2.24, 2.45) is 5.73 Å². The molecule has 1 aromatic carbocycles. The molecule has 1 aromatic heterocycles. The van der Waals surface area contributed by atoms with Gasteiger partial charge in [-0.05, 0) is 30.5 Å². The molecule has 2 aromatic rings. The molecule has 2 rings (SSSR count). The van der Waals surface area contributed by atoms with Crippen LogP contribution in [0.5, 0.6) is 0 Å². The highest BCUT2D eigenvalue weighted by atomic mass is 32.1. The first-order valence-corrected chi connectivity index (χ1v) is 6.81. The van der Waals surface area contributed by atoms with E-state index in [0.29, 0.717) is 12.1 Å². The summed E-state index contributed by atoms with van der Waals surface area (Å²) in [5.74, 6) is -1.03. The molecule has 0 aliphatic carbocycles. The summed E-state index contributed by atoms with van der Waals surface area (Å²) >= 11 is 1.66. The second-order valence-electron chi connectivity index (χ2n) is 4.29. The molecule has 0 aliphatic heterocycles. The molecule has 100 valence electrons. The zero-order valence-corrected chi connectivity index (χ0v) is 11.3. The number of primary amides is 1. The molecular formula is C14H15FN2OS. The molecule has 1 heterocycles. The van der Waals surface area contributed by atoms with Gasteiger partial charge in [-0.3, -0.25) is 4.79 Å². The number of nitrogens with two attached hydrogens (primary N) is 1. The van der Waals surface area contributed by atoms with Crippen LogP contribution in [0.3, 0.4) is 0 Å². The van der Waals surface area contributed by atoms with Crippen molar-refractivity contribution >= 4 is 17.2 Å². The van der Waals surface area contributed by atoms with Crippen LogP contribution in [0.1, 0.15) is 33.8 Å². The Morgan fingerprint density at radius 1 is 1.47 bits per heavy atom. The van der Waals surface area contributed by atoms with Crippen LogP contribution in [0, 0.1) is 5.82 Å². The zero-order valence-electron chi connectivity index (χ0n) is 10.5. The maximum atomic E-state index is 13.8. The number of hydrogen-bond acceptors (Lipinski definition) is 3. The molecule has 3 N–H and O–H groups in total. The smallest absolute Gasteiger partial charge is 0.248 e. The quantitative estimate of drug-likeness (QED) is 0.883. The summed E-state index contributed by atoms with van der Waals surface area (Å²) in [5.41, 5.74) is 5.81. The lowest BCUT2D eigenvalue weighted by molar-refractivity contribution is 0.1000. The second-order valence-corrected chi connectivity index (χ2v) is 5.27. The lowest BCUT2D eigenvalue weighted by Crippen LogP contribution is -2.18. The van der Waals surface area contributed by atoms with Gasteiger partial charge in [0.25, 0.3) is 0 Å². The van der Waals surface area contributed by atoms with Gasteiger partial charge in [-0.2, -0.15) is 0 Å². The van der Waals surface area contributed by atoms with E-state index < -0.39 is 11.7 Å². The molecule has 0 saturated heterocycles. The first-order chi connectivity index (χ1) is 9.08. The molecule has 19 heavy (non-hydrogen) atoms. The van der Waals surface area contributed by atoms with Gasteiger partial charge in [0, 0.05) is 28.6 Å². The SMILES string of the molecule is C[C@H](NCc1ccc(C(N)=O)cc1F)c1cccs1. The first kappa shape index (κ1) is 13.7. The van der Waals surface area contributed by atoms with E-state index >= 15 is 0 Å². The van der Waals surface area contributed by atoms with Gasteiger partial charge >= 0.3 is 0 Å². The first-order valence-electron chi connectivity index (χ1n) is 5.93. The van der Waals surface area contributed by atoms with Crippen LogP contribution >= 0.6 is 11.3 Å². The maximum Gasteiger partial charge on any atom is 0.248 e. The number of carbonyl (C=O) groups excluding carboxylic acids is 1. The van der Waals surface area contributed by atoms with Crippen molar-refractivity contribution in [2.45, 2.75) is 19.5 Å². The van der Waals surface area contributed by atoms with Crippen LogP contribution in [0.4, 0.5) is 4.39 Å². The molecular weight excluding hydrogens is 263 g/mol. The third kappa shape index (κ3) is 3.39. The average molecular weight is 278 g/mol. The normalized spacial score (nSPS) is 12.3. The number of halogens is 1. The van der Waals surface area contributed by atoms with Gasteiger partial charge in [0.1, 0.15) is 5.82 Å². The molecule has 5 heteroatoms. The third-order valence-electron chi connectivity index (χ3n) is 2.91. The number of amides is 1. The maximum absolute atomic E-state index is 13.8. The number of hydrogen-bond donors (Lipinski definition) is 2.